The number of hydrogen-bond acceptors (Lipinski definition) is 3. The zero-order valence-electron chi connectivity index (χ0n) is 16.1. The third-order valence-corrected chi connectivity index (χ3v) is 5.89. The standard InChI is InChI=1S/C20H25F2N3O3/c1-3-13-6-8-20(9-7-13)18(27)25(19(28)24-20)11-17(26)23-12(2)15-5-4-14(21)10-16(15)22/h4-5,10,12-13H,3,6-9,11H2,1-2H3,(H,23,26)(H,24,28). The lowest BCUT2D eigenvalue weighted by Gasteiger charge is -2.34. The zero-order valence-corrected chi connectivity index (χ0v) is 16.1. The lowest BCUT2D eigenvalue weighted by atomic mass is 9.75. The Morgan fingerprint density at radius 3 is 2.61 bits per heavy atom. The van der Waals surface area contributed by atoms with Crippen LogP contribution in [0.4, 0.5) is 13.6 Å². The largest absolute Gasteiger partial charge is 0.348 e. The molecule has 2 fully saturated rings. The van der Waals surface area contributed by atoms with Crippen molar-refractivity contribution in [3.63, 3.8) is 0 Å². The fraction of sp³-hybridized carbons (Fsp3) is 0.550. The monoisotopic (exact) mass is 393 g/mol. The molecule has 2 aliphatic rings. The van der Waals surface area contributed by atoms with E-state index < -0.39 is 41.7 Å². The summed E-state index contributed by atoms with van der Waals surface area (Å²) in [4.78, 5) is 38.4. The van der Waals surface area contributed by atoms with Crippen molar-refractivity contribution < 1.29 is 23.2 Å². The molecule has 6 nitrogen and oxygen atoms in total. The summed E-state index contributed by atoms with van der Waals surface area (Å²) in [5.41, 5.74) is -0.779. The predicted molar refractivity (Wildman–Crippen MR) is 98.1 cm³/mol. The first-order chi connectivity index (χ1) is 13.3. The number of nitrogens with zero attached hydrogens (tertiary/aromatic N) is 1. The van der Waals surface area contributed by atoms with Crippen molar-refractivity contribution in [2.45, 2.75) is 57.5 Å². The third kappa shape index (κ3) is 3.86. The molecule has 1 saturated heterocycles. The smallest absolute Gasteiger partial charge is 0.325 e. The highest BCUT2D eigenvalue weighted by Crippen LogP contribution is 2.37. The Hall–Kier alpha value is -2.51. The van der Waals surface area contributed by atoms with Crippen LogP contribution in [0.2, 0.25) is 0 Å². The summed E-state index contributed by atoms with van der Waals surface area (Å²) < 4.78 is 26.9. The van der Waals surface area contributed by atoms with Crippen LogP contribution in [0, 0.1) is 17.6 Å². The van der Waals surface area contributed by atoms with Crippen LogP contribution in [-0.2, 0) is 9.59 Å². The maximum Gasteiger partial charge on any atom is 0.325 e. The number of imide groups is 1. The Balaban J connectivity index is 1.62. The summed E-state index contributed by atoms with van der Waals surface area (Å²) in [5.74, 6) is -1.88. The van der Waals surface area contributed by atoms with Crippen molar-refractivity contribution in [1.82, 2.24) is 15.5 Å². The molecule has 4 amide bonds. The van der Waals surface area contributed by atoms with Gasteiger partial charge in [0.2, 0.25) is 5.91 Å². The summed E-state index contributed by atoms with van der Waals surface area (Å²) >= 11 is 0. The van der Waals surface area contributed by atoms with Gasteiger partial charge in [-0.3, -0.25) is 14.5 Å². The number of carbonyl (C=O) groups is 3. The summed E-state index contributed by atoms with van der Waals surface area (Å²) in [5, 5.41) is 5.33. The average molecular weight is 393 g/mol. The second-order valence-corrected chi connectivity index (χ2v) is 7.71. The minimum atomic E-state index is -0.905. The SMILES string of the molecule is CCC1CCC2(CC1)NC(=O)N(CC(=O)NC(C)c1ccc(F)cc1F)C2=O. The van der Waals surface area contributed by atoms with Crippen LogP contribution >= 0.6 is 0 Å². The van der Waals surface area contributed by atoms with Crippen molar-refractivity contribution >= 4 is 17.8 Å². The van der Waals surface area contributed by atoms with Gasteiger partial charge < -0.3 is 10.6 Å². The molecule has 152 valence electrons. The van der Waals surface area contributed by atoms with E-state index in [0.29, 0.717) is 18.8 Å². The summed E-state index contributed by atoms with van der Waals surface area (Å²) in [6.07, 6.45) is 3.92. The second-order valence-electron chi connectivity index (χ2n) is 7.71. The Labute approximate surface area is 162 Å². The second kappa shape index (κ2) is 7.85. The van der Waals surface area contributed by atoms with Crippen molar-refractivity contribution in [1.29, 1.82) is 0 Å². The molecule has 2 N–H and O–H groups in total. The molecular weight excluding hydrogens is 368 g/mol. The zero-order chi connectivity index (χ0) is 20.5. The number of rotatable bonds is 5. The van der Waals surface area contributed by atoms with Gasteiger partial charge in [-0.2, -0.15) is 0 Å². The van der Waals surface area contributed by atoms with Gasteiger partial charge in [0.25, 0.3) is 5.91 Å². The van der Waals surface area contributed by atoms with E-state index in [-0.39, 0.29) is 11.5 Å². The van der Waals surface area contributed by atoms with Crippen molar-refractivity contribution in [2.75, 3.05) is 6.54 Å². The number of benzene rings is 1. The van der Waals surface area contributed by atoms with E-state index in [2.05, 4.69) is 17.6 Å². The molecule has 0 aromatic heterocycles. The Morgan fingerprint density at radius 2 is 2.00 bits per heavy atom. The molecule has 28 heavy (non-hydrogen) atoms. The number of hydrogen-bond donors (Lipinski definition) is 2. The van der Waals surface area contributed by atoms with E-state index in [1.165, 1.54) is 6.07 Å². The molecule has 1 aromatic carbocycles. The van der Waals surface area contributed by atoms with Crippen molar-refractivity contribution in [3.05, 3.63) is 35.4 Å². The number of nitrogens with one attached hydrogen (secondary N) is 2. The van der Waals surface area contributed by atoms with Gasteiger partial charge in [-0.05, 0) is 44.6 Å². The maximum absolute atomic E-state index is 13.9. The van der Waals surface area contributed by atoms with E-state index in [1.54, 1.807) is 6.92 Å². The fourth-order valence-electron chi connectivity index (χ4n) is 4.10. The minimum Gasteiger partial charge on any atom is -0.348 e. The minimum absolute atomic E-state index is 0.126. The highest BCUT2D eigenvalue weighted by Gasteiger charge is 2.52. The van der Waals surface area contributed by atoms with Gasteiger partial charge in [-0.1, -0.05) is 19.4 Å². The molecule has 1 unspecified atom stereocenters. The topological polar surface area (TPSA) is 78.5 Å². The fourth-order valence-corrected chi connectivity index (χ4v) is 4.10. The van der Waals surface area contributed by atoms with Crippen LogP contribution in [0.5, 0.6) is 0 Å². The first-order valence-corrected chi connectivity index (χ1v) is 9.64. The van der Waals surface area contributed by atoms with Crippen molar-refractivity contribution in [2.24, 2.45) is 5.92 Å². The van der Waals surface area contributed by atoms with Crippen LogP contribution in [0.15, 0.2) is 18.2 Å². The van der Waals surface area contributed by atoms with Gasteiger partial charge in [0.15, 0.2) is 0 Å². The normalized spacial score (nSPS) is 25.7. The lowest BCUT2D eigenvalue weighted by molar-refractivity contribution is -0.136. The molecule has 1 heterocycles. The molecular formula is C20H25F2N3O3. The van der Waals surface area contributed by atoms with E-state index in [0.717, 1.165) is 36.3 Å². The van der Waals surface area contributed by atoms with Crippen LogP contribution < -0.4 is 10.6 Å². The Bertz CT molecular complexity index is 791. The van der Waals surface area contributed by atoms with Crippen LogP contribution in [-0.4, -0.2) is 34.8 Å². The predicted octanol–water partition coefficient (Wildman–Crippen LogP) is 3.03. The molecule has 1 aromatic rings. The van der Waals surface area contributed by atoms with Crippen LogP contribution in [0.1, 0.15) is 57.6 Å². The molecule has 1 spiro atoms. The third-order valence-electron chi connectivity index (χ3n) is 5.89. The van der Waals surface area contributed by atoms with E-state index >= 15 is 0 Å². The van der Waals surface area contributed by atoms with Crippen LogP contribution in [0.25, 0.3) is 0 Å². The quantitative estimate of drug-likeness (QED) is 0.755. The number of halogens is 2. The van der Waals surface area contributed by atoms with Crippen LogP contribution in [0.3, 0.4) is 0 Å². The molecule has 1 aliphatic heterocycles. The Morgan fingerprint density at radius 1 is 1.32 bits per heavy atom. The van der Waals surface area contributed by atoms with Gasteiger partial charge in [-0.15, -0.1) is 0 Å². The number of urea groups is 1. The molecule has 1 saturated carbocycles. The molecule has 8 heteroatoms. The highest BCUT2D eigenvalue weighted by molar-refractivity contribution is 6.09. The average Bonchev–Trinajstić information content (AvgIpc) is 2.86. The maximum atomic E-state index is 13.9. The molecule has 0 bridgehead atoms. The summed E-state index contributed by atoms with van der Waals surface area (Å²) in [6, 6.07) is 1.80. The number of amides is 4. The molecule has 0 radical (unpaired) electrons. The molecule has 3 rings (SSSR count). The first-order valence-electron chi connectivity index (χ1n) is 9.64. The lowest BCUT2D eigenvalue weighted by Crippen LogP contribution is -2.50. The van der Waals surface area contributed by atoms with Gasteiger partial charge in [0.05, 0.1) is 6.04 Å². The molecule has 1 aliphatic carbocycles. The van der Waals surface area contributed by atoms with E-state index in [4.69, 9.17) is 0 Å². The van der Waals surface area contributed by atoms with Gasteiger partial charge in [0, 0.05) is 11.6 Å². The molecule has 1 atom stereocenters. The van der Waals surface area contributed by atoms with Gasteiger partial charge in [-0.25, -0.2) is 13.6 Å². The van der Waals surface area contributed by atoms with Gasteiger partial charge >= 0.3 is 6.03 Å². The summed E-state index contributed by atoms with van der Waals surface area (Å²) in [6.45, 7) is 3.23. The Kier molecular flexibility index (Phi) is 5.67. The van der Waals surface area contributed by atoms with E-state index in [9.17, 15) is 23.2 Å². The number of carbonyl (C=O) groups excluding carboxylic acids is 3. The van der Waals surface area contributed by atoms with E-state index in [1.807, 2.05) is 0 Å². The highest BCUT2D eigenvalue weighted by atomic mass is 19.1. The first kappa shape index (κ1) is 20.2. The summed E-state index contributed by atoms with van der Waals surface area (Å²) in [7, 11) is 0. The van der Waals surface area contributed by atoms with Crippen molar-refractivity contribution in [3.8, 4) is 0 Å². The van der Waals surface area contributed by atoms with Gasteiger partial charge in [0.1, 0.15) is 23.7 Å².